The quantitative estimate of drug-likeness (QED) is 0.504. The second-order valence-electron chi connectivity index (χ2n) is 7.11. The van der Waals surface area contributed by atoms with Crippen LogP contribution in [-0.2, 0) is 11.0 Å². The highest BCUT2D eigenvalue weighted by Crippen LogP contribution is 2.33. The summed E-state index contributed by atoms with van der Waals surface area (Å²) in [6.45, 7) is 0.129. The number of nitrogens with one attached hydrogen (secondary N) is 1. The minimum atomic E-state index is -4.62. The molecule has 0 fully saturated rings. The number of aliphatic imine (C=N–C) groups is 1. The minimum absolute atomic E-state index is 0.0320. The second kappa shape index (κ2) is 9.46. The van der Waals surface area contributed by atoms with Gasteiger partial charge in [0, 0.05) is 0 Å². The largest absolute Gasteiger partial charge is 0.483 e. The van der Waals surface area contributed by atoms with Gasteiger partial charge in [0.05, 0.1) is 27.8 Å². The first-order chi connectivity index (χ1) is 15.4. The SMILES string of the molecule is CCC1C=C(c2ccc(C(F)(F)F)cc2)N=C(c2c(Cl)cccc2OCC(F)(F)F)NC1=O. The maximum absolute atomic E-state index is 12.9. The summed E-state index contributed by atoms with van der Waals surface area (Å²) >= 11 is 6.21. The summed E-state index contributed by atoms with van der Waals surface area (Å²) in [5, 5.41) is 2.51. The van der Waals surface area contributed by atoms with Gasteiger partial charge >= 0.3 is 12.4 Å². The van der Waals surface area contributed by atoms with Gasteiger partial charge in [0.1, 0.15) is 11.6 Å². The average Bonchev–Trinajstić information content (AvgIpc) is 2.89. The highest BCUT2D eigenvalue weighted by atomic mass is 35.5. The van der Waals surface area contributed by atoms with E-state index in [4.69, 9.17) is 16.3 Å². The van der Waals surface area contributed by atoms with Crippen LogP contribution in [0.5, 0.6) is 5.75 Å². The molecular formula is C22H17ClF6N2O2. The fourth-order valence-corrected chi connectivity index (χ4v) is 3.34. The molecule has 0 radical (unpaired) electrons. The first-order valence-electron chi connectivity index (χ1n) is 9.66. The van der Waals surface area contributed by atoms with Crippen molar-refractivity contribution in [2.75, 3.05) is 6.61 Å². The van der Waals surface area contributed by atoms with Crippen molar-refractivity contribution in [2.24, 2.45) is 10.9 Å². The van der Waals surface area contributed by atoms with Crippen LogP contribution in [0.1, 0.15) is 30.0 Å². The number of carbonyl (C=O) groups is 1. The van der Waals surface area contributed by atoms with E-state index < -0.39 is 36.3 Å². The Bertz CT molecular complexity index is 1090. The van der Waals surface area contributed by atoms with Gasteiger partial charge in [-0.2, -0.15) is 26.3 Å². The zero-order valence-corrected chi connectivity index (χ0v) is 17.8. The summed E-state index contributed by atoms with van der Waals surface area (Å²) < 4.78 is 81.7. The Morgan fingerprint density at radius 1 is 1.06 bits per heavy atom. The van der Waals surface area contributed by atoms with Gasteiger partial charge in [-0.1, -0.05) is 36.7 Å². The molecule has 0 spiro atoms. The number of benzene rings is 2. The number of hydrogen-bond acceptors (Lipinski definition) is 3. The van der Waals surface area contributed by atoms with Crippen molar-refractivity contribution in [3.8, 4) is 5.75 Å². The number of nitrogens with zero attached hydrogens (tertiary/aromatic N) is 1. The summed E-state index contributed by atoms with van der Waals surface area (Å²) in [5.74, 6) is -1.63. The lowest BCUT2D eigenvalue weighted by atomic mass is 10.0. The molecule has 1 unspecified atom stereocenters. The molecule has 176 valence electrons. The Kier molecular flexibility index (Phi) is 7.06. The van der Waals surface area contributed by atoms with Gasteiger partial charge < -0.3 is 10.1 Å². The fraction of sp³-hybridized carbons (Fsp3) is 0.273. The van der Waals surface area contributed by atoms with Crippen LogP contribution >= 0.6 is 11.6 Å². The standard InChI is InChI=1S/C22H17ClF6N2O2/c1-2-12-10-16(13-6-8-14(9-7-13)22(27,28)29)30-19(31-20(12)32)18-15(23)4-3-5-17(18)33-11-21(24,25)26/h3-10,12H,2,11H2,1H3,(H,30,31,32). The Hall–Kier alpha value is -3.01. The lowest BCUT2D eigenvalue weighted by Crippen LogP contribution is -2.35. The van der Waals surface area contributed by atoms with E-state index >= 15 is 0 Å². The van der Waals surface area contributed by atoms with Gasteiger partial charge in [-0.25, -0.2) is 4.99 Å². The summed E-state index contributed by atoms with van der Waals surface area (Å²) in [7, 11) is 0. The van der Waals surface area contributed by atoms with Crippen LogP contribution in [0, 0.1) is 5.92 Å². The minimum Gasteiger partial charge on any atom is -0.483 e. The zero-order chi connectivity index (χ0) is 24.4. The average molecular weight is 491 g/mol. The van der Waals surface area contributed by atoms with E-state index in [2.05, 4.69) is 10.3 Å². The molecule has 2 aromatic carbocycles. The molecule has 0 saturated heterocycles. The van der Waals surface area contributed by atoms with Crippen LogP contribution in [0.25, 0.3) is 5.70 Å². The molecule has 1 atom stereocenters. The smallest absolute Gasteiger partial charge is 0.422 e. The summed E-state index contributed by atoms with van der Waals surface area (Å²) in [6.07, 6.45) is -7.32. The number of halogens is 7. The maximum Gasteiger partial charge on any atom is 0.422 e. The zero-order valence-electron chi connectivity index (χ0n) is 17.0. The lowest BCUT2D eigenvalue weighted by molar-refractivity contribution is -0.153. The predicted octanol–water partition coefficient (Wildman–Crippen LogP) is 6.24. The third-order valence-corrected chi connectivity index (χ3v) is 5.04. The molecule has 0 bridgehead atoms. The van der Waals surface area contributed by atoms with Crippen LogP contribution in [0.4, 0.5) is 26.3 Å². The molecule has 33 heavy (non-hydrogen) atoms. The van der Waals surface area contributed by atoms with E-state index in [-0.39, 0.29) is 33.4 Å². The van der Waals surface area contributed by atoms with Gasteiger partial charge in [0.25, 0.3) is 0 Å². The van der Waals surface area contributed by atoms with Crippen LogP contribution in [0.15, 0.2) is 53.5 Å². The third-order valence-electron chi connectivity index (χ3n) is 4.72. The van der Waals surface area contributed by atoms with Crippen molar-refractivity contribution >= 4 is 29.0 Å². The highest BCUT2D eigenvalue weighted by Gasteiger charge is 2.32. The normalized spacial score (nSPS) is 17.1. The third kappa shape index (κ3) is 6.07. The topological polar surface area (TPSA) is 50.7 Å². The van der Waals surface area contributed by atoms with Gasteiger partial charge in [-0.15, -0.1) is 0 Å². The van der Waals surface area contributed by atoms with Crippen LogP contribution < -0.4 is 10.1 Å². The molecule has 1 N–H and O–H groups in total. The first kappa shape index (κ1) is 24.6. The van der Waals surface area contributed by atoms with Crippen molar-refractivity contribution < 1.29 is 35.9 Å². The maximum atomic E-state index is 12.9. The predicted molar refractivity (Wildman–Crippen MR) is 111 cm³/mol. The highest BCUT2D eigenvalue weighted by molar-refractivity contribution is 6.35. The van der Waals surface area contributed by atoms with Gasteiger partial charge in [0.15, 0.2) is 6.61 Å². The van der Waals surface area contributed by atoms with Crippen LogP contribution in [-0.4, -0.2) is 24.5 Å². The van der Waals surface area contributed by atoms with Gasteiger partial charge in [-0.3, -0.25) is 4.79 Å². The number of ether oxygens (including phenoxy) is 1. The van der Waals surface area contributed by atoms with Crippen LogP contribution in [0.3, 0.4) is 0 Å². The molecule has 4 nitrogen and oxygen atoms in total. The molecule has 1 aliphatic rings. The number of carbonyl (C=O) groups excluding carboxylic acids is 1. The van der Waals surface area contributed by atoms with Crippen LogP contribution in [0.2, 0.25) is 5.02 Å². The summed E-state index contributed by atoms with van der Waals surface area (Å²) in [4.78, 5) is 17.0. The van der Waals surface area contributed by atoms with Crippen molar-refractivity contribution in [3.05, 3.63) is 70.3 Å². The fourth-order valence-electron chi connectivity index (χ4n) is 3.09. The molecule has 0 saturated carbocycles. The van der Waals surface area contributed by atoms with E-state index in [1.165, 1.54) is 36.4 Å². The van der Waals surface area contributed by atoms with E-state index in [1.54, 1.807) is 6.92 Å². The Labute approximate surface area is 189 Å². The Morgan fingerprint density at radius 2 is 1.73 bits per heavy atom. The van der Waals surface area contributed by atoms with Crippen molar-refractivity contribution in [2.45, 2.75) is 25.7 Å². The van der Waals surface area contributed by atoms with Crippen molar-refractivity contribution in [1.29, 1.82) is 0 Å². The summed E-state index contributed by atoms with van der Waals surface area (Å²) in [5.41, 5.74) is -0.503. The number of amidine groups is 1. The Balaban J connectivity index is 2.09. The number of hydrogen-bond donors (Lipinski definition) is 1. The molecule has 2 aromatic rings. The monoisotopic (exact) mass is 490 g/mol. The van der Waals surface area contributed by atoms with E-state index in [0.29, 0.717) is 6.42 Å². The number of alkyl halides is 6. The lowest BCUT2D eigenvalue weighted by Gasteiger charge is -2.16. The number of amides is 1. The Morgan fingerprint density at radius 3 is 2.30 bits per heavy atom. The molecule has 11 heteroatoms. The molecule has 1 amide bonds. The van der Waals surface area contributed by atoms with E-state index in [9.17, 15) is 31.1 Å². The summed E-state index contributed by atoms with van der Waals surface area (Å²) in [6, 6.07) is 8.15. The molecule has 1 heterocycles. The van der Waals surface area contributed by atoms with Gasteiger partial charge in [0.2, 0.25) is 5.91 Å². The van der Waals surface area contributed by atoms with E-state index in [1.807, 2.05) is 0 Å². The second-order valence-corrected chi connectivity index (χ2v) is 7.52. The molecule has 3 rings (SSSR count). The molecule has 0 aromatic heterocycles. The molecule has 1 aliphatic heterocycles. The molecular weight excluding hydrogens is 474 g/mol. The molecule has 0 aliphatic carbocycles. The van der Waals surface area contributed by atoms with Crippen molar-refractivity contribution in [1.82, 2.24) is 5.32 Å². The van der Waals surface area contributed by atoms with E-state index in [0.717, 1.165) is 12.1 Å². The van der Waals surface area contributed by atoms with Gasteiger partial charge in [-0.05, 0) is 42.3 Å². The number of rotatable bonds is 5. The first-order valence-corrected chi connectivity index (χ1v) is 10.0. The van der Waals surface area contributed by atoms with Crippen molar-refractivity contribution in [3.63, 3.8) is 0 Å².